The second kappa shape index (κ2) is 7.64. The molecule has 1 amide bonds. The van der Waals surface area contributed by atoms with E-state index in [2.05, 4.69) is 24.4 Å². The SMILES string of the molecule is Cc1ccc(OC(C)C(=O)NCC(C)c2ccccc2)cc1. The van der Waals surface area contributed by atoms with E-state index in [0.717, 1.165) is 0 Å². The maximum Gasteiger partial charge on any atom is 0.260 e. The highest BCUT2D eigenvalue weighted by Gasteiger charge is 2.15. The van der Waals surface area contributed by atoms with Crippen LogP contribution in [0.2, 0.25) is 0 Å². The number of hydrogen-bond donors (Lipinski definition) is 1. The number of ether oxygens (including phenoxy) is 1. The normalized spacial score (nSPS) is 13.2. The summed E-state index contributed by atoms with van der Waals surface area (Å²) >= 11 is 0. The summed E-state index contributed by atoms with van der Waals surface area (Å²) < 4.78 is 5.66. The van der Waals surface area contributed by atoms with Crippen molar-refractivity contribution in [2.45, 2.75) is 32.8 Å². The maximum atomic E-state index is 12.1. The van der Waals surface area contributed by atoms with E-state index >= 15 is 0 Å². The number of carbonyl (C=O) groups is 1. The number of aryl methyl sites for hydroxylation is 1. The zero-order valence-corrected chi connectivity index (χ0v) is 13.4. The van der Waals surface area contributed by atoms with Crippen molar-refractivity contribution >= 4 is 5.91 Å². The molecule has 0 saturated heterocycles. The van der Waals surface area contributed by atoms with Gasteiger partial charge in [0.05, 0.1) is 0 Å². The molecule has 1 N–H and O–H groups in total. The minimum atomic E-state index is -0.509. The summed E-state index contributed by atoms with van der Waals surface area (Å²) in [6.45, 7) is 6.48. The summed E-state index contributed by atoms with van der Waals surface area (Å²) in [5.41, 5.74) is 2.39. The molecule has 0 fully saturated rings. The van der Waals surface area contributed by atoms with E-state index in [1.165, 1.54) is 11.1 Å². The first-order valence-electron chi connectivity index (χ1n) is 7.62. The zero-order chi connectivity index (χ0) is 15.9. The largest absolute Gasteiger partial charge is 0.481 e. The molecule has 0 bridgehead atoms. The summed E-state index contributed by atoms with van der Waals surface area (Å²) in [5, 5.41) is 2.95. The molecule has 0 aliphatic rings. The van der Waals surface area contributed by atoms with Gasteiger partial charge in [-0.15, -0.1) is 0 Å². The van der Waals surface area contributed by atoms with Gasteiger partial charge in [0.1, 0.15) is 5.75 Å². The van der Waals surface area contributed by atoms with Gasteiger partial charge in [0.25, 0.3) is 5.91 Å². The van der Waals surface area contributed by atoms with Crippen LogP contribution in [0.1, 0.15) is 30.9 Å². The topological polar surface area (TPSA) is 38.3 Å². The Hall–Kier alpha value is -2.29. The standard InChI is InChI=1S/C19H23NO2/c1-14-9-11-18(12-10-14)22-16(3)19(21)20-13-15(2)17-7-5-4-6-8-17/h4-12,15-16H,13H2,1-3H3,(H,20,21). The summed E-state index contributed by atoms with van der Waals surface area (Å²) in [6.07, 6.45) is -0.509. The van der Waals surface area contributed by atoms with E-state index < -0.39 is 6.10 Å². The fraction of sp³-hybridized carbons (Fsp3) is 0.316. The molecule has 2 unspecified atom stereocenters. The number of rotatable bonds is 6. The average molecular weight is 297 g/mol. The van der Waals surface area contributed by atoms with Crippen molar-refractivity contribution in [3.05, 3.63) is 65.7 Å². The van der Waals surface area contributed by atoms with Gasteiger partial charge < -0.3 is 10.1 Å². The van der Waals surface area contributed by atoms with E-state index in [0.29, 0.717) is 12.3 Å². The van der Waals surface area contributed by atoms with Crippen LogP contribution in [0.3, 0.4) is 0 Å². The van der Waals surface area contributed by atoms with Crippen LogP contribution in [0.4, 0.5) is 0 Å². The summed E-state index contributed by atoms with van der Waals surface area (Å²) in [5.74, 6) is 0.893. The zero-order valence-electron chi connectivity index (χ0n) is 13.4. The predicted molar refractivity (Wildman–Crippen MR) is 89.1 cm³/mol. The summed E-state index contributed by atoms with van der Waals surface area (Å²) in [6, 6.07) is 17.9. The Labute approximate surface area is 132 Å². The van der Waals surface area contributed by atoms with Gasteiger partial charge in [0.15, 0.2) is 6.10 Å². The number of amides is 1. The Morgan fingerprint density at radius 3 is 2.32 bits per heavy atom. The first-order valence-corrected chi connectivity index (χ1v) is 7.62. The lowest BCUT2D eigenvalue weighted by Gasteiger charge is -2.17. The van der Waals surface area contributed by atoms with Crippen LogP contribution < -0.4 is 10.1 Å². The highest BCUT2D eigenvalue weighted by atomic mass is 16.5. The molecule has 3 heteroatoms. The van der Waals surface area contributed by atoms with E-state index in [-0.39, 0.29) is 11.8 Å². The van der Waals surface area contributed by atoms with Crippen molar-refractivity contribution in [2.75, 3.05) is 6.54 Å². The Morgan fingerprint density at radius 1 is 1.05 bits per heavy atom. The third kappa shape index (κ3) is 4.62. The third-order valence-electron chi connectivity index (χ3n) is 3.65. The lowest BCUT2D eigenvalue weighted by Crippen LogP contribution is -2.38. The minimum absolute atomic E-state index is 0.0941. The number of hydrogen-bond acceptors (Lipinski definition) is 2. The van der Waals surface area contributed by atoms with Crippen LogP contribution in [0.15, 0.2) is 54.6 Å². The molecule has 116 valence electrons. The van der Waals surface area contributed by atoms with E-state index in [1.807, 2.05) is 49.4 Å². The molecule has 3 nitrogen and oxygen atoms in total. The van der Waals surface area contributed by atoms with Crippen LogP contribution in [0.25, 0.3) is 0 Å². The van der Waals surface area contributed by atoms with Crippen LogP contribution in [-0.2, 0) is 4.79 Å². The molecule has 0 spiro atoms. The van der Waals surface area contributed by atoms with E-state index in [4.69, 9.17) is 4.74 Å². The van der Waals surface area contributed by atoms with Gasteiger partial charge in [-0.25, -0.2) is 0 Å². The molecule has 0 heterocycles. The second-order valence-electron chi connectivity index (χ2n) is 5.63. The molecule has 0 radical (unpaired) electrons. The van der Waals surface area contributed by atoms with Crippen LogP contribution in [0.5, 0.6) is 5.75 Å². The highest BCUT2D eigenvalue weighted by molar-refractivity contribution is 5.80. The van der Waals surface area contributed by atoms with Gasteiger partial charge in [-0.2, -0.15) is 0 Å². The lowest BCUT2D eigenvalue weighted by atomic mass is 10.0. The second-order valence-corrected chi connectivity index (χ2v) is 5.63. The molecular weight excluding hydrogens is 274 g/mol. The smallest absolute Gasteiger partial charge is 0.260 e. The average Bonchev–Trinajstić information content (AvgIpc) is 2.55. The van der Waals surface area contributed by atoms with Crippen molar-refractivity contribution in [2.24, 2.45) is 0 Å². The molecule has 2 aromatic rings. The van der Waals surface area contributed by atoms with Crippen molar-refractivity contribution in [1.29, 1.82) is 0 Å². The molecule has 0 aliphatic heterocycles. The van der Waals surface area contributed by atoms with Crippen molar-refractivity contribution in [1.82, 2.24) is 5.32 Å². The fourth-order valence-corrected chi connectivity index (χ4v) is 2.17. The third-order valence-corrected chi connectivity index (χ3v) is 3.65. The summed E-state index contributed by atoms with van der Waals surface area (Å²) in [4.78, 5) is 12.1. The first kappa shape index (κ1) is 16.1. The van der Waals surface area contributed by atoms with E-state index in [1.54, 1.807) is 6.92 Å². The lowest BCUT2D eigenvalue weighted by molar-refractivity contribution is -0.127. The molecule has 0 saturated carbocycles. The molecular formula is C19H23NO2. The van der Waals surface area contributed by atoms with Crippen LogP contribution in [-0.4, -0.2) is 18.6 Å². The first-order chi connectivity index (χ1) is 10.6. The number of benzene rings is 2. The number of nitrogens with one attached hydrogen (secondary N) is 1. The molecule has 2 rings (SSSR count). The van der Waals surface area contributed by atoms with Crippen molar-refractivity contribution in [3.8, 4) is 5.75 Å². The Bertz CT molecular complexity index is 593. The Balaban J connectivity index is 1.82. The molecule has 0 aromatic heterocycles. The van der Waals surface area contributed by atoms with Crippen LogP contribution in [0, 0.1) is 6.92 Å². The van der Waals surface area contributed by atoms with Crippen molar-refractivity contribution in [3.63, 3.8) is 0 Å². The highest BCUT2D eigenvalue weighted by Crippen LogP contribution is 2.15. The number of carbonyl (C=O) groups excluding carboxylic acids is 1. The van der Waals surface area contributed by atoms with Crippen molar-refractivity contribution < 1.29 is 9.53 Å². The quantitative estimate of drug-likeness (QED) is 0.883. The van der Waals surface area contributed by atoms with Gasteiger partial charge in [-0.1, -0.05) is 55.0 Å². The van der Waals surface area contributed by atoms with Gasteiger partial charge >= 0.3 is 0 Å². The van der Waals surface area contributed by atoms with Crippen LogP contribution >= 0.6 is 0 Å². The van der Waals surface area contributed by atoms with Gasteiger partial charge in [0.2, 0.25) is 0 Å². The summed E-state index contributed by atoms with van der Waals surface area (Å²) in [7, 11) is 0. The van der Waals surface area contributed by atoms with Gasteiger partial charge in [-0.3, -0.25) is 4.79 Å². The minimum Gasteiger partial charge on any atom is -0.481 e. The Morgan fingerprint density at radius 2 is 1.68 bits per heavy atom. The predicted octanol–water partition coefficient (Wildman–Crippen LogP) is 3.68. The maximum absolute atomic E-state index is 12.1. The fourth-order valence-electron chi connectivity index (χ4n) is 2.17. The molecule has 2 atom stereocenters. The monoisotopic (exact) mass is 297 g/mol. The molecule has 2 aromatic carbocycles. The molecule has 22 heavy (non-hydrogen) atoms. The Kier molecular flexibility index (Phi) is 5.59. The van der Waals surface area contributed by atoms with Gasteiger partial charge in [-0.05, 0) is 37.5 Å². The molecule has 0 aliphatic carbocycles. The van der Waals surface area contributed by atoms with E-state index in [9.17, 15) is 4.79 Å². The van der Waals surface area contributed by atoms with Gasteiger partial charge in [0, 0.05) is 6.54 Å².